The van der Waals surface area contributed by atoms with Gasteiger partial charge in [0.15, 0.2) is 11.5 Å². The molecule has 94 valence electrons. The number of hydrogen-bond donors (Lipinski definition) is 3. The average Bonchev–Trinajstić information content (AvgIpc) is 2.37. The maximum atomic E-state index is 13.5. The van der Waals surface area contributed by atoms with E-state index in [2.05, 4.69) is 0 Å². The molecule has 2 rings (SSSR count). The molecule has 0 heterocycles. The predicted octanol–water partition coefficient (Wildman–Crippen LogP) is 2.40. The fraction of sp³-hybridized carbons (Fsp3) is 0.538. The number of hydrogen-bond acceptors (Lipinski definition) is 3. The van der Waals surface area contributed by atoms with Crippen LogP contribution in [0.4, 0.5) is 4.39 Å². The summed E-state index contributed by atoms with van der Waals surface area (Å²) in [5.74, 6) is -1.91. The van der Waals surface area contributed by atoms with Crippen molar-refractivity contribution in [1.29, 1.82) is 0 Å². The van der Waals surface area contributed by atoms with Crippen LogP contribution >= 0.6 is 0 Å². The monoisotopic (exact) mass is 239 g/mol. The zero-order chi connectivity index (χ0) is 12.5. The van der Waals surface area contributed by atoms with Crippen molar-refractivity contribution in [2.24, 2.45) is 5.73 Å². The first-order valence-corrected chi connectivity index (χ1v) is 6.02. The number of benzene rings is 1. The van der Waals surface area contributed by atoms with Crippen molar-refractivity contribution < 1.29 is 14.6 Å². The molecule has 17 heavy (non-hydrogen) atoms. The van der Waals surface area contributed by atoms with Gasteiger partial charge in [-0.05, 0) is 18.9 Å². The van der Waals surface area contributed by atoms with Crippen LogP contribution in [0.5, 0.6) is 11.5 Å². The predicted molar refractivity (Wildman–Crippen MR) is 63.5 cm³/mol. The molecule has 1 aliphatic carbocycles. The highest BCUT2D eigenvalue weighted by molar-refractivity contribution is 5.45. The number of halogens is 1. The van der Waals surface area contributed by atoms with Crippen LogP contribution in [0.15, 0.2) is 12.1 Å². The molecule has 0 aliphatic heterocycles. The number of aromatic hydroxyl groups is 2. The summed E-state index contributed by atoms with van der Waals surface area (Å²) in [5, 5.41) is 19.0. The molecule has 1 aliphatic rings. The highest BCUT2D eigenvalue weighted by atomic mass is 19.1. The van der Waals surface area contributed by atoms with E-state index in [1.54, 1.807) is 6.07 Å². The third-order valence-electron chi connectivity index (χ3n) is 3.87. The molecule has 4 heteroatoms. The van der Waals surface area contributed by atoms with Crippen molar-refractivity contribution in [2.75, 3.05) is 6.54 Å². The van der Waals surface area contributed by atoms with Gasteiger partial charge >= 0.3 is 0 Å². The van der Waals surface area contributed by atoms with E-state index in [0.29, 0.717) is 12.1 Å². The molecule has 0 atom stereocenters. The van der Waals surface area contributed by atoms with Crippen LogP contribution in [0.25, 0.3) is 0 Å². The van der Waals surface area contributed by atoms with E-state index < -0.39 is 17.3 Å². The Kier molecular flexibility index (Phi) is 3.24. The minimum atomic E-state index is -0.944. The lowest BCUT2D eigenvalue weighted by molar-refractivity contribution is 0.285. The van der Waals surface area contributed by atoms with Crippen molar-refractivity contribution >= 4 is 0 Å². The highest BCUT2D eigenvalue weighted by Gasteiger charge is 2.35. The molecule has 0 unspecified atom stereocenters. The lowest BCUT2D eigenvalue weighted by Gasteiger charge is -2.37. The molecule has 3 nitrogen and oxygen atoms in total. The molecule has 0 saturated heterocycles. The van der Waals surface area contributed by atoms with E-state index in [9.17, 15) is 14.6 Å². The topological polar surface area (TPSA) is 66.5 Å². The van der Waals surface area contributed by atoms with E-state index in [-0.39, 0.29) is 5.41 Å². The van der Waals surface area contributed by atoms with Crippen LogP contribution in [-0.2, 0) is 5.41 Å². The van der Waals surface area contributed by atoms with Crippen molar-refractivity contribution in [1.82, 2.24) is 0 Å². The summed E-state index contributed by atoms with van der Waals surface area (Å²) in [6.07, 6.45) is 4.96. The van der Waals surface area contributed by atoms with Crippen molar-refractivity contribution in [2.45, 2.75) is 37.5 Å². The normalized spacial score (nSPS) is 19.2. The minimum Gasteiger partial charge on any atom is -0.505 e. The summed E-state index contributed by atoms with van der Waals surface area (Å²) >= 11 is 0. The summed E-state index contributed by atoms with van der Waals surface area (Å²) in [5.41, 5.74) is 6.03. The average molecular weight is 239 g/mol. The second-order valence-corrected chi connectivity index (χ2v) is 4.84. The highest BCUT2D eigenvalue weighted by Crippen LogP contribution is 2.44. The Hall–Kier alpha value is -1.29. The van der Waals surface area contributed by atoms with Crippen LogP contribution in [0.3, 0.4) is 0 Å². The Balaban J connectivity index is 2.47. The first kappa shape index (κ1) is 12.2. The smallest absolute Gasteiger partial charge is 0.206 e. The van der Waals surface area contributed by atoms with Gasteiger partial charge < -0.3 is 15.9 Å². The summed E-state index contributed by atoms with van der Waals surface area (Å²) in [7, 11) is 0. The van der Waals surface area contributed by atoms with Crippen LogP contribution in [0.2, 0.25) is 0 Å². The van der Waals surface area contributed by atoms with Gasteiger partial charge in [0.2, 0.25) is 5.82 Å². The first-order chi connectivity index (χ1) is 8.10. The SMILES string of the molecule is NCC1(c2ccc(O)c(F)c2O)CCCCC1. The van der Waals surface area contributed by atoms with Crippen molar-refractivity contribution in [3.8, 4) is 11.5 Å². The number of rotatable bonds is 2. The Morgan fingerprint density at radius 2 is 1.82 bits per heavy atom. The quantitative estimate of drug-likeness (QED) is 0.742. The lowest BCUT2D eigenvalue weighted by atomic mass is 9.69. The molecule has 0 radical (unpaired) electrons. The van der Waals surface area contributed by atoms with Gasteiger partial charge in [-0.15, -0.1) is 0 Å². The Morgan fingerprint density at radius 1 is 1.18 bits per heavy atom. The Bertz CT molecular complexity index is 414. The lowest BCUT2D eigenvalue weighted by Crippen LogP contribution is -2.37. The van der Waals surface area contributed by atoms with Gasteiger partial charge in [-0.1, -0.05) is 25.3 Å². The summed E-state index contributed by atoms with van der Waals surface area (Å²) in [6, 6.07) is 2.88. The van der Waals surface area contributed by atoms with Gasteiger partial charge in [0.05, 0.1) is 0 Å². The van der Waals surface area contributed by atoms with E-state index in [1.165, 1.54) is 6.07 Å². The fourth-order valence-corrected chi connectivity index (χ4v) is 2.79. The molecule has 0 bridgehead atoms. The van der Waals surface area contributed by atoms with Crippen LogP contribution in [0, 0.1) is 5.82 Å². The number of phenolic OH excluding ortho intramolecular Hbond substituents is 2. The molecule has 1 fully saturated rings. The maximum absolute atomic E-state index is 13.5. The van der Waals surface area contributed by atoms with E-state index >= 15 is 0 Å². The first-order valence-electron chi connectivity index (χ1n) is 6.02. The zero-order valence-electron chi connectivity index (χ0n) is 9.75. The van der Waals surface area contributed by atoms with Crippen LogP contribution in [-0.4, -0.2) is 16.8 Å². The molecule has 0 spiro atoms. The van der Waals surface area contributed by atoms with Gasteiger partial charge in [-0.2, -0.15) is 4.39 Å². The van der Waals surface area contributed by atoms with Crippen LogP contribution < -0.4 is 5.73 Å². The molecule has 0 aromatic heterocycles. The molecule has 0 amide bonds. The molecule has 4 N–H and O–H groups in total. The Labute approximate surface area is 100 Å². The molecule has 1 aromatic rings. The van der Waals surface area contributed by atoms with Crippen LogP contribution in [0.1, 0.15) is 37.7 Å². The molecular weight excluding hydrogens is 221 g/mol. The Morgan fingerprint density at radius 3 is 2.41 bits per heavy atom. The fourth-order valence-electron chi connectivity index (χ4n) is 2.79. The zero-order valence-corrected chi connectivity index (χ0v) is 9.75. The van der Waals surface area contributed by atoms with E-state index in [1.807, 2.05) is 0 Å². The number of nitrogens with two attached hydrogens (primary N) is 1. The van der Waals surface area contributed by atoms with Gasteiger partial charge in [0, 0.05) is 17.5 Å². The van der Waals surface area contributed by atoms with Gasteiger partial charge in [0.25, 0.3) is 0 Å². The molecule has 1 aromatic carbocycles. The summed E-state index contributed by atoms with van der Waals surface area (Å²) < 4.78 is 13.5. The third kappa shape index (κ3) is 1.97. The van der Waals surface area contributed by atoms with Gasteiger partial charge in [-0.3, -0.25) is 0 Å². The summed E-state index contributed by atoms with van der Waals surface area (Å²) in [4.78, 5) is 0. The number of phenols is 2. The molecular formula is C13H18FNO2. The largest absolute Gasteiger partial charge is 0.505 e. The van der Waals surface area contributed by atoms with E-state index in [0.717, 1.165) is 32.1 Å². The second kappa shape index (κ2) is 4.53. The third-order valence-corrected chi connectivity index (χ3v) is 3.87. The standard InChI is InChI=1S/C13H18FNO2/c14-11-10(16)5-4-9(12(11)17)13(8-15)6-2-1-3-7-13/h4-5,16-17H,1-3,6-8,15H2. The van der Waals surface area contributed by atoms with Gasteiger partial charge in [0.1, 0.15) is 0 Å². The summed E-state index contributed by atoms with van der Waals surface area (Å²) in [6.45, 7) is 0.394. The second-order valence-electron chi connectivity index (χ2n) is 4.84. The van der Waals surface area contributed by atoms with Crippen molar-refractivity contribution in [3.63, 3.8) is 0 Å². The van der Waals surface area contributed by atoms with Gasteiger partial charge in [-0.25, -0.2) is 0 Å². The minimum absolute atomic E-state index is 0.336. The van der Waals surface area contributed by atoms with E-state index in [4.69, 9.17) is 5.73 Å². The van der Waals surface area contributed by atoms with Crippen molar-refractivity contribution in [3.05, 3.63) is 23.5 Å². The maximum Gasteiger partial charge on any atom is 0.206 e. The molecule has 1 saturated carbocycles.